The highest BCUT2D eigenvalue weighted by molar-refractivity contribution is 6.31. The molecule has 2 aromatic carbocycles. The molecule has 7 heteroatoms. The molecule has 0 saturated carbocycles. The summed E-state index contributed by atoms with van der Waals surface area (Å²) >= 11 is 6.09. The van der Waals surface area contributed by atoms with Gasteiger partial charge in [0.1, 0.15) is 0 Å². The monoisotopic (exact) mass is 375 g/mol. The Morgan fingerprint density at radius 1 is 1.23 bits per heavy atom. The van der Waals surface area contributed by atoms with E-state index in [0.29, 0.717) is 23.1 Å². The van der Waals surface area contributed by atoms with Crippen LogP contribution < -0.4 is 20.2 Å². The van der Waals surface area contributed by atoms with Gasteiger partial charge in [-0.15, -0.1) is 0 Å². The first kappa shape index (κ1) is 19.6. The van der Waals surface area contributed by atoms with Crippen LogP contribution >= 0.6 is 11.6 Å². The summed E-state index contributed by atoms with van der Waals surface area (Å²) in [6, 6.07) is 11.0. The van der Waals surface area contributed by atoms with E-state index in [0.717, 1.165) is 16.8 Å². The molecule has 2 rings (SSSR count). The lowest BCUT2D eigenvalue weighted by Crippen LogP contribution is -2.28. The Bertz CT molecular complexity index is 794. The zero-order valence-corrected chi connectivity index (χ0v) is 15.8. The molecular formula is C19H22ClN3O3. The summed E-state index contributed by atoms with van der Waals surface area (Å²) in [5, 5.41) is 7.55. The molecule has 0 radical (unpaired) electrons. The van der Waals surface area contributed by atoms with Gasteiger partial charge in [0.25, 0.3) is 5.91 Å². The van der Waals surface area contributed by atoms with E-state index < -0.39 is 0 Å². The number of amides is 1. The number of rotatable bonds is 8. The van der Waals surface area contributed by atoms with E-state index in [1.807, 2.05) is 38.1 Å². The zero-order chi connectivity index (χ0) is 18.9. The normalized spacial score (nSPS) is 10.6. The lowest BCUT2D eigenvalue weighted by Gasteiger charge is -2.11. The molecule has 0 aliphatic rings. The van der Waals surface area contributed by atoms with Crippen LogP contribution in [0, 0.1) is 6.92 Å². The number of anilines is 1. The van der Waals surface area contributed by atoms with Crippen molar-refractivity contribution in [1.82, 2.24) is 5.32 Å². The second-order valence-electron chi connectivity index (χ2n) is 5.49. The summed E-state index contributed by atoms with van der Waals surface area (Å²) in [5.41, 5.74) is 5.55. The molecule has 0 aliphatic heterocycles. The number of hydrogen-bond donors (Lipinski definition) is 2. The molecule has 0 aliphatic carbocycles. The van der Waals surface area contributed by atoms with Gasteiger partial charge in [0, 0.05) is 11.6 Å². The number of carbonyl (C=O) groups is 1. The molecule has 0 fully saturated rings. The minimum Gasteiger partial charge on any atom is -0.493 e. The first-order chi connectivity index (χ1) is 12.5. The smallest absolute Gasteiger partial charge is 0.257 e. The number of methoxy groups -OCH3 is 1. The lowest BCUT2D eigenvalue weighted by atomic mass is 10.2. The van der Waals surface area contributed by atoms with Crippen LogP contribution in [-0.4, -0.2) is 32.4 Å². The van der Waals surface area contributed by atoms with Gasteiger partial charge in [0.2, 0.25) is 0 Å². The average Bonchev–Trinajstić information content (AvgIpc) is 2.63. The van der Waals surface area contributed by atoms with E-state index in [4.69, 9.17) is 21.1 Å². The van der Waals surface area contributed by atoms with E-state index in [2.05, 4.69) is 15.8 Å². The van der Waals surface area contributed by atoms with Crippen molar-refractivity contribution in [2.45, 2.75) is 13.8 Å². The van der Waals surface area contributed by atoms with Crippen molar-refractivity contribution in [2.24, 2.45) is 5.10 Å². The summed E-state index contributed by atoms with van der Waals surface area (Å²) in [6.07, 6.45) is 1.66. The second-order valence-corrected chi connectivity index (χ2v) is 5.89. The molecule has 0 spiro atoms. The molecule has 0 unspecified atom stereocenters. The van der Waals surface area contributed by atoms with Crippen LogP contribution in [0.4, 0.5) is 5.69 Å². The van der Waals surface area contributed by atoms with Gasteiger partial charge in [-0.2, -0.15) is 5.10 Å². The maximum Gasteiger partial charge on any atom is 0.257 e. The van der Waals surface area contributed by atoms with Crippen LogP contribution in [0.15, 0.2) is 41.5 Å². The van der Waals surface area contributed by atoms with Crippen molar-refractivity contribution in [3.8, 4) is 11.5 Å². The number of carbonyl (C=O) groups excluding carboxylic acids is 1. The van der Waals surface area contributed by atoms with E-state index in [1.54, 1.807) is 25.5 Å². The maximum absolute atomic E-state index is 11.5. The third-order valence-electron chi connectivity index (χ3n) is 3.50. The molecule has 0 bridgehead atoms. The Balaban J connectivity index is 2.01. The molecule has 0 saturated heterocycles. The summed E-state index contributed by atoms with van der Waals surface area (Å²) in [7, 11) is 1.54. The summed E-state index contributed by atoms with van der Waals surface area (Å²) in [4.78, 5) is 11.5. The molecule has 0 heterocycles. The number of nitrogens with zero attached hydrogens (tertiary/aromatic N) is 1. The van der Waals surface area contributed by atoms with Crippen LogP contribution in [0.1, 0.15) is 18.1 Å². The van der Waals surface area contributed by atoms with Gasteiger partial charge in [-0.3, -0.25) is 10.2 Å². The van der Waals surface area contributed by atoms with Crippen LogP contribution in [0.5, 0.6) is 11.5 Å². The predicted octanol–water partition coefficient (Wildman–Crippen LogP) is 3.62. The van der Waals surface area contributed by atoms with Gasteiger partial charge in [0.15, 0.2) is 18.1 Å². The maximum atomic E-state index is 11.5. The first-order valence-corrected chi connectivity index (χ1v) is 8.54. The Kier molecular flexibility index (Phi) is 7.29. The van der Waals surface area contributed by atoms with Crippen molar-refractivity contribution >= 4 is 29.4 Å². The fourth-order valence-electron chi connectivity index (χ4n) is 2.12. The van der Waals surface area contributed by atoms with Crippen molar-refractivity contribution in [3.63, 3.8) is 0 Å². The van der Waals surface area contributed by atoms with E-state index in [-0.39, 0.29) is 12.5 Å². The SMILES string of the molecule is CCNC(=O)COc1ccc(/C=N\Nc2ccc(C)c(Cl)c2)cc1OC. The topological polar surface area (TPSA) is 72.0 Å². The largest absolute Gasteiger partial charge is 0.493 e. The molecule has 0 aromatic heterocycles. The van der Waals surface area contributed by atoms with Crippen molar-refractivity contribution in [3.05, 3.63) is 52.5 Å². The van der Waals surface area contributed by atoms with Gasteiger partial charge in [0.05, 0.1) is 19.0 Å². The molecule has 2 N–H and O–H groups in total. The number of nitrogens with one attached hydrogen (secondary N) is 2. The Labute approximate surface area is 158 Å². The van der Waals surface area contributed by atoms with Gasteiger partial charge in [-0.1, -0.05) is 17.7 Å². The Morgan fingerprint density at radius 2 is 2.04 bits per heavy atom. The lowest BCUT2D eigenvalue weighted by molar-refractivity contribution is -0.123. The number of ether oxygens (including phenoxy) is 2. The number of benzene rings is 2. The number of aryl methyl sites for hydroxylation is 1. The van der Waals surface area contributed by atoms with Gasteiger partial charge in [-0.05, 0) is 55.3 Å². The summed E-state index contributed by atoms with van der Waals surface area (Å²) in [6.45, 7) is 4.30. The van der Waals surface area contributed by atoms with Gasteiger partial charge < -0.3 is 14.8 Å². The minimum absolute atomic E-state index is 0.0621. The van der Waals surface area contributed by atoms with Crippen molar-refractivity contribution in [2.75, 3.05) is 25.7 Å². The number of likely N-dealkylation sites (N-methyl/N-ethyl adjacent to an activating group) is 1. The zero-order valence-electron chi connectivity index (χ0n) is 15.0. The quantitative estimate of drug-likeness (QED) is 0.546. The molecule has 6 nitrogen and oxygen atoms in total. The molecule has 1 amide bonds. The van der Waals surface area contributed by atoms with Crippen LogP contribution in [0.2, 0.25) is 5.02 Å². The highest BCUT2D eigenvalue weighted by atomic mass is 35.5. The third-order valence-corrected chi connectivity index (χ3v) is 3.91. The fraction of sp³-hybridized carbons (Fsp3) is 0.263. The molecule has 2 aromatic rings. The molecule has 26 heavy (non-hydrogen) atoms. The first-order valence-electron chi connectivity index (χ1n) is 8.16. The molecule has 0 atom stereocenters. The van der Waals surface area contributed by atoms with Crippen molar-refractivity contribution < 1.29 is 14.3 Å². The van der Waals surface area contributed by atoms with Gasteiger partial charge >= 0.3 is 0 Å². The minimum atomic E-state index is -0.179. The Morgan fingerprint density at radius 3 is 2.73 bits per heavy atom. The standard InChI is InChI=1S/C19H22ClN3O3/c1-4-21-19(24)12-26-17-8-6-14(9-18(17)25-3)11-22-23-15-7-5-13(2)16(20)10-15/h5-11,23H,4,12H2,1-3H3,(H,21,24)/b22-11-. The summed E-state index contributed by atoms with van der Waals surface area (Å²) < 4.78 is 10.8. The molecule has 138 valence electrons. The van der Waals surface area contributed by atoms with Crippen LogP contribution in [0.25, 0.3) is 0 Å². The second kappa shape index (κ2) is 9.68. The number of hydrazone groups is 1. The summed E-state index contributed by atoms with van der Waals surface area (Å²) in [5.74, 6) is 0.840. The van der Waals surface area contributed by atoms with Crippen LogP contribution in [-0.2, 0) is 4.79 Å². The van der Waals surface area contributed by atoms with Gasteiger partial charge in [-0.25, -0.2) is 0 Å². The predicted molar refractivity (Wildman–Crippen MR) is 105 cm³/mol. The van der Waals surface area contributed by atoms with Crippen LogP contribution in [0.3, 0.4) is 0 Å². The average molecular weight is 376 g/mol. The fourth-order valence-corrected chi connectivity index (χ4v) is 2.30. The van der Waals surface area contributed by atoms with Crippen molar-refractivity contribution in [1.29, 1.82) is 0 Å². The Hall–Kier alpha value is -2.73. The third kappa shape index (κ3) is 5.67. The highest BCUT2D eigenvalue weighted by Gasteiger charge is 2.07. The number of halogens is 1. The van der Waals surface area contributed by atoms with E-state index >= 15 is 0 Å². The molecular weight excluding hydrogens is 354 g/mol. The van der Waals surface area contributed by atoms with E-state index in [9.17, 15) is 4.79 Å². The number of hydrogen-bond acceptors (Lipinski definition) is 5. The van der Waals surface area contributed by atoms with E-state index in [1.165, 1.54) is 0 Å². The highest BCUT2D eigenvalue weighted by Crippen LogP contribution is 2.27.